The number of benzene rings is 2. The van der Waals surface area contributed by atoms with Gasteiger partial charge in [0.1, 0.15) is 6.61 Å². The van der Waals surface area contributed by atoms with Crippen LogP contribution in [0.3, 0.4) is 0 Å². The molecule has 1 atom stereocenters. The van der Waals surface area contributed by atoms with E-state index in [9.17, 15) is 9.59 Å². The van der Waals surface area contributed by atoms with Crippen molar-refractivity contribution in [1.29, 1.82) is 0 Å². The van der Waals surface area contributed by atoms with Crippen LogP contribution in [0, 0.1) is 6.92 Å². The lowest BCUT2D eigenvalue weighted by Crippen LogP contribution is -2.55. The topological polar surface area (TPSA) is 49.9 Å². The number of aryl methyl sites for hydroxylation is 2. The van der Waals surface area contributed by atoms with Crippen LogP contribution in [0.25, 0.3) is 0 Å². The van der Waals surface area contributed by atoms with E-state index >= 15 is 0 Å². The van der Waals surface area contributed by atoms with Gasteiger partial charge in [-0.25, -0.2) is 4.79 Å². The quantitative estimate of drug-likeness (QED) is 0.736. The lowest BCUT2D eigenvalue weighted by molar-refractivity contribution is -0.138. The van der Waals surface area contributed by atoms with Crippen LogP contribution in [0.2, 0.25) is 0 Å². The van der Waals surface area contributed by atoms with Crippen LogP contribution in [0.4, 0.5) is 0 Å². The minimum absolute atomic E-state index is 0.223. The summed E-state index contributed by atoms with van der Waals surface area (Å²) in [6, 6.07) is 13.0. The van der Waals surface area contributed by atoms with Gasteiger partial charge in [0.2, 0.25) is 5.91 Å². The molecule has 0 N–H and O–H groups in total. The molecule has 0 saturated carbocycles. The molecular formula is C25H28N2O3. The summed E-state index contributed by atoms with van der Waals surface area (Å²) in [5.74, 6) is 0.0362. The highest BCUT2D eigenvalue weighted by Crippen LogP contribution is 2.27. The predicted octanol–water partition coefficient (Wildman–Crippen LogP) is 2.91. The van der Waals surface area contributed by atoms with E-state index in [1.807, 2.05) is 12.1 Å². The van der Waals surface area contributed by atoms with E-state index in [0.717, 1.165) is 50.9 Å². The molecule has 1 amide bonds. The fourth-order valence-corrected chi connectivity index (χ4v) is 5.07. The van der Waals surface area contributed by atoms with E-state index in [1.54, 1.807) is 0 Å². The first kappa shape index (κ1) is 19.3. The number of fused-ring (bicyclic) bond motifs is 2. The van der Waals surface area contributed by atoms with Crippen LogP contribution in [-0.2, 0) is 35.4 Å². The standard InChI is InChI=1S/C25H28N2O3/c1-17-2-4-19-5-6-22(14-20(19)12-17)27-11-10-26(15-24(27)28)9-8-18-3-7-23-21(13-18)16-30-25(23)29/h2-4,7,12-13,22H,5-6,8-11,14-16H2,1H3. The normalized spacial score (nSPS) is 21.4. The molecule has 1 aliphatic carbocycles. The van der Waals surface area contributed by atoms with Crippen LogP contribution in [0.1, 0.15) is 44.6 Å². The third kappa shape index (κ3) is 3.74. The van der Waals surface area contributed by atoms with Gasteiger partial charge in [-0.1, -0.05) is 35.9 Å². The number of cyclic esters (lactones) is 1. The van der Waals surface area contributed by atoms with Crippen molar-refractivity contribution in [3.63, 3.8) is 0 Å². The van der Waals surface area contributed by atoms with Gasteiger partial charge in [-0.2, -0.15) is 0 Å². The molecule has 1 unspecified atom stereocenters. The minimum atomic E-state index is -0.223. The fourth-order valence-electron chi connectivity index (χ4n) is 5.07. The first-order valence-electron chi connectivity index (χ1n) is 11.0. The molecule has 5 nitrogen and oxygen atoms in total. The number of hydrogen-bond donors (Lipinski definition) is 0. The molecule has 3 aliphatic rings. The Labute approximate surface area is 177 Å². The molecule has 2 heterocycles. The van der Waals surface area contributed by atoms with Crippen molar-refractivity contribution in [3.8, 4) is 0 Å². The van der Waals surface area contributed by atoms with Gasteiger partial charge in [0, 0.05) is 31.2 Å². The zero-order chi connectivity index (χ0) is 20.7. The zero-order valence-electron chi connectivity index (χ0n) is 17.5. The van der Waals surface area contributed by atoms with Gasteiger partial charge < -0.3 is 9.64 Å². The van der Waals surface area contributed by atoms with Gasteiger partial charge in [-0.15, -0.1) is 0 Å². The molecule has 2 aromatic carbocycles. The Morgan fingerprint density at radius 3 is 2.80 bits per heavy atom. The number of hydrogen-bond acceptors (Lipinski definition) is 4. The summed E-state index contributed by atoms with van der Waals surface area (Å²) in [6.07, 6.45) is 4.00. The van der Waals surface area contributed by atoms with E-state index in [1.165, 1.54) is 22.3 Å². The van der Waals surface area contributed by atoms with Crippen molar-refractivity contribution in [2.24, 2.45) is 0 Å². The van der Waals surface area contributed by atoms with Gasteiger partial charge in [-0.3, -0.25) is 9.69 Å². The average Bonchev–Trinajstić information content (AvgIpc) is 3.12. The Hall–Kier alpha value is -2.66. The van der Waals surface area contributed by atoms with Crippen molar-refractivity contribution in [2.45, 2.75) is 45.3 Å². The number of piperazine rings is 1. The number of amides is 1. The molecule has 1 fully saturated rings. The van der Waals surface area contributed by atoms with Crippen molar-refractivity contribution in [3.05, 3.63) is 69.8 Å². The van der Waals surface area contributed by atoms with Crippen LogP contribution >= 0.6 is 0 Å². The van der Waals surface area contributed by atoms with E-state index in [4.69, 9.17) is 4.74 Å². The largest absolute Gasteiger partial charge is 0.457 e. The highest BCUT2D eigenvalue weighted by molar-refractivity contribution is 5.93. The van der Waals surface area contributed by atoms with Gasteiger partial charge in [0.25, 0.3) is 0 Å². The molecule has 5 rings (SSSR count). The fraction of sp³-hybridized carbons (Fsp3) is 0.440. The SMILES string of the molecule is Cc1ccc2c(c1)CC(N1CCN(CCc3ccc4c(c3)COC4=O)CC1=O)CC2. The van der Waals surface area contributed by atoms with Crippen molar-refractivity contribution in [1.82, 2.24) is 9.80 Å². The van der Waals surface area contributed by atoms with Crippen molar-refractivity contribution >= 4 is 11.9 Å². The minimum Gasteiger partial charge on any atom is -0.457 e. The monoisotopic (exact) mass is 404 g/mol. The summed E-state index contributed by atoms with van der Waals surface area (Å²) in [4.78, 5) is 28.9. The second-order valence-electron chi connectivity index (χ2n) is 8.85. The average molecular weight is 405 g/mol. The highest BCUT2D eigenvalue weighted by atomic mass is 16.5. The van der Waals surface area contributed by atoms with Gasteiger partial charge in [0.15, 0.2) is 0 Å². The number of carbonyl (C=O) groups excluding carboxylic acids is 2. The Balaban J connectivity index is 1.16. The maximum atomic E-state index is 12.9. The van der Waals surface area contributed by atoms with Crippen molar-refractivity contribution < 1.29 is 14.3 Å². The summed E-state index contributed by atoms with van der Waals surface area (Å²) < 4.78 is 5.09. The Bertz CT molecular complexity index is 1000. The molecule has 2 aromatic rings. The van der Waals surface area contributed by atoms with Crippen molar-refractivity contribution in [2.75, 3.05) is 26.2 Å². The lowest BCUT2D eigenvalue weighted by atomic mass is 9.86. The first-order valence-corrected chi connectivity index (χ1v) is 11.0. The molecular weight excluding hydrogens is 376 g/mol. The maximum Gasteiger partial charge on any atom is 0.338 e. The lowest BCUT2D eigenvalue weighted by Gasteiger charge is -2.41. The van der Waals surface area contributed by atoms with Crippen LogP contribution < -0.4 is 0 Å². The Morgan fingerprint density at radius 1 is 1.03 bits per heavy atom. The van der Waals surface area contributed by atoms with E-state index in [-0.39, 0.29) is 11.9 Å². The second kappa shape index (κ2) is 7.88. The third-order valence-corrected chi connectivity index (χ3v) is 6.81. The molecule has 0 aromatic heterocycles. The summed E-state index contributed by atoms with van der Waals surface area (Å²) >= 11 is 0. The molecule has 0 radical (unpaired) electrons. The molecule has 0 bridgehead atoms. The van der Waals surface area contributed by atoms with E-state index in [0.29, 0.717) is 24.8 Å². The Kier molecular flexibility index (Phi) is 5.07. The van der Waals surface area contributed by atoms with E-state index < -0.39 is 0 Å². The molecule has 30 heavy (non-hydrogen) atoms. The number of carbonyl (C=O) groups is 2. The van der Waals surface area contributed by atoms with E-state index in [2.05, 4.69) is 41.0 Å². The first-order chi connectivity index (χ1) is 14.6. The molecule has 5 heteroatoms. The predicted molar refractivity (Wildman–Crippen MR) is 114 cm³/mol. The van der Waals surface area contributed by atoms with Crippen LogP contribution in [0.15, 0.2) is 36.4 Å². The van der Waals surface area contributed by atoms with Crippen LogP contribution in [0.5, 0.6) is 0 Å². The summed E-state index contributed by atoms with van der Waals surface area (Å²) in [5.41, 5.74) is 7.03. The molecule has 156 valence electrons. The number of nitrogens with zero attached hydrogens (tertiary/aromatic N) is 2. The molecule has 0 spiro atoms. The number of esters is 1. The molecule has 2 aliphatic heterocycles. The number of ether oxygens (including phenoxy) is 1. The Morgan fingerprint density at radius 2 is 1.93 bits per heavy atom. The van der Waals surface area contributed by atoms with Gasteiger partial charge in [-0.05, 0) is 55.4 Å². The zero-order valence-corrected chi connectivity index (χ0v) is 17.5. The summed E-state index contributed by atoms with van der Waals surface area (Å²) in [7, 11) is 0. The van der Waals surface area contributed by atoms with Gasteiger partial charge >= 0.3 is 5.97 Å². The number of rotatable bonds is 4. The van der Waals surface area contributed by atoms with Gasteiger partial charge in [0.05, 0.1) is 12.1 Å². The second-order valence-corrected chi connectivity index (χ2v) is 8.85. The highest BCUT2D eigenvalue weighted by Gasteiger charge is 2.31. The summed E-state index contributed by atoms with van der Waals surface area (Å²) in [6.45, 7) is 5.62. The van der Waals surface area contributed by atoms with Crippen LogP contribution in [-0.4, -0.2) is 53.9 Å². The maximum absolute atomic E-state index is 12.9. The smallest absolute Gasteiger partial charge is 0.338 e. The third-order valence-electron chi connectivity index (χ3n) is 6.81. The molecule has 1 saturated heterocycles. The summed E-state index contributed by atoms with van der Waals surface area (Å²) in [5, 5.41) is 0.